The molecular weight excluding hydrogens is 224 g/mol. The van der Waals surface area contributed by atoms with Gasteiger partial charge in [0.05, 0.1) is 18.0 Å². The van der Waals surface area contributed by atoms with Crippen LogP contribution in [0.4, 0.5) is 0 Å². The Balaban J connectivity index is 2.34. The van der Waals surface area contributed by atoms with Gasteiger partial charge in [0, 0.05) is 5.56 Å². The first kappa shape index (κ1) is 12.7. The van der Waals surface area contributed by atoms with E-state index in [1.54, 1.807) is 0 Å². The molecule has 0 fully saturated rings. The molecule has 0 spiro atoms. The first-order valence-electron chi connectivity index (χ1n) is 6.03. The molecule has 1 aromatic heterocycles. The van der Waals surface area contributed by atoms with Gasteiger partial charge < -0.3 is 5.11 Å². The third-order valence-electron chi connectivity index (χ3n) is 2.93. The van der Waals surface area contributed by atoms with Gasteiger partial charge in [-0.15, -0.1) is 0 Å². The fourth-order valence-corrected chi connectivity index (χ4v) is 1.78. The Hall–Kier alpha value is -1.74. The van der Waals surface area contributed by atoms with Crippen LogP contribution in [-0.4, -0.2) is 15.1 Å². The lowest BCUT2D eigenvalue weighted by Gasteiger charge is -2.19. The monoisotopic (exact) mass is 242 g/mol. The molecule has 0 unspecified atom stereocenters. The molecule has 0 aliphatic heterocycles. The van der Waals surface area contributed by atoms with Crippen molar-refractivity contribution in [2.45, 2.75) is 32.8 Å². The zero-order chi connectivity index (χ0) is 13.2. The van der Waals surface area contributed by atoms with E-state index in [1.165, 1.54) is 11.9 Å². The molecule has 0 saturated heterocycles. The van der Waals surface area contributed by atoms with Crippen LogP contribution < -0.4 is 0 Å². The summed E-state index contributed by atoms with van der Waals surface area (Å²) in [6, 6.07) is 10.2. The summed E-state index contributed by atoms with van der Waals surface area (Å²) in [6.45, 7) is 6.51. The lowest BCUT2D eigenvalue weighted by Crippen LogP contribution is -2.10. The average Bonchev–Trinajstić information content (AvgIpc) is 2.38. The quantitative estimate of drug-likeness (QED) is 0.880. The maximum absolute atomic E-state index is 9.07. The third kappa shape index (κ3) is 2.74. The van der Waals surface area contributed by atoms with Gasteiger partial charge in [0.1, 0.15) is 6.33 Å². The Kier molecular flexibility index (Phi) is 3.43. The van der Waals surface area contributed by atoms with E-state index in [1.807, 2.05) is 6.07 Å². The molecule has 18 heavy (non-hydrogen) atoms. The number of aliphatic hydroxyl groups is 1. The van der Waals surface area contributed by atoms with Crippen LogP contribution in [0.25, 0.3) is 11.3 Å². The van der Waals surface area contributed by atoms with Crippen molar-refractivity contribution in [2.75, 3.05) is 0 Å². The highest BCUT2D eigenvalue weighted by atomic mass is 16.3. The molecule has 0 saturated carbocycles. The molecule has 3 heteroatoms. The number of benzene rings is 1. The lowest BCUT2D eigenvalue weighted by molar-refractivity contribution is 0.276. The van der Waals surface area contributed by atoms with Crippen LogP contribution in [0.2, 0.25) is 0 Å². The first-order valence-corrected chi connectivity index (χ1v) is 6.03. The Morgan fingerprint density at radius 3 is 2.28 bits per heavy atom. The largest absolute Gasteiger partial charge is 0.390 e. The summed E-state index contributed by atoms with van der Waals surface area (Å²) in [5.74, 6) is 0. The molecule has 1 N–H and O–H groups in total. The second-order valence-corrected chi connectivity index (χ2v) is 5.38. The molecule has 0 aliphatic rings. The van der Waals surface area contributed by atoms with Crippen LogP contribution >= 0.6 is 0 Å². The summed E-state index contributed by atoms with van der Waals surface area (Å²) in [7, 11) is 0. The van der Waals surface area contributed by atoms with Gasteiger partial charge in [-0.25, -0.2) is 9.97 Å². The predicted octanol–water partition coefficient (Wildman–Crippen LogP) is 2.93. The minimum Gasteiger partial charge on any atom is -0.390 e. The fraction of sp³-hybridized carbons (Fsp3) is 0.333. The smallest absolute Gasteiger partial charge is 0.116 e. The number of aliphatic hydroxyl groups excluding tert-OH is 1. The van der Waals surface area contributed by atoms with Crippen molar-refractivity contribution in [2.24, 2.45) is 0 Å². The number of rotatable bonds is 2. The summed E-state index contributed by atoms with van der Waals surface area (Å²) in [5, 5.41) is 9.07. The highest BCUT2D eigenvalue weighted by Crippen LogP contribution is 2.25. The van der Waals surface area contributed by atoms with E-state index in [0.29, 0.717) is 5.69 Å². The minimum atomic E-state index is -0.0599. The van der Waals surface area contributed by atoms with Gasteiger partial charge in [0.15, 0.2) is 0 Å². The van der Waals surface area contributed by atoms with Gasteiger partial charge in [0.25, 0.3) is 0 Å². The van der Waals surface area contributed by atoms with Crippen molar-refractivity contribution in [1.82, 2.24) is 9.97 Å². The van der Waals surface area contributed by atoms with E-state index in [-0.39, 0.29) is 12.0 Å². The van der Waals surface area contributed by atoms with Crippen LogP contribution in [0, 0.1) is 0 Å². The molecule has 0 radical (unpaired) electrons. The molecule has 1 aromatic carbocycles. The van der Waals surface area contributed by atoms with Gasteiger partial charge in [-0.1, -0.05) is 45.0 Å². The third-order valence-corrected chi connectivity index (χ3v) is 2.93. The van der Waals surface area contributed by atoms with Crippen LogP contribution in [0.1, 0.15) is 32.0 Å². The maximum Gasteiger partial charge on any atom is 0.116 e. The fourth-order valence-electron chi connectivity index (χ4n) is 1.78. The van der Waals surface area contributed by atoms with Gasteiger partial charge >= 0.3 is 0 Å². The molecule has 0 aliphatic carbocycles. The zero-order valence-corrected chi connectivity index (χ0v) is 11.0. The van der Waals surface area contributed by atoms with Gasteiger partial charge in [-0.3, -0.25) is 0 Å². The summed E-state index contributed by atoms with van der Waals surface area (Å²) in [5.41, 5.74) is 3.97. The highest BCUT2D eigenvalue weighted by molar-refractivity contribution is 5.59. The molecule has 2 aromatic rings. The Morgan fingerprint density at radius 2 is 1.72 bits per heavy atom. The van der Waals surface area contributed by atoms with Gasteiger partial charge in [-0.2, -0.15) is 0 Å². The van der Waals surface area contributed by atoms with E-state index < -0.39 is 0 Å². The number of hydrogen-bond donors (Lipinski definition) is 1. The summed E-state index contributed by atoms with van der Waals surface area (Å²) in [6.07, 6.45) is 1.48. The lowest BCUT2D eigenvalue weighted by atomic mass is 9.86. The standard InChI is InChI=1S/C15H18N2O/c1-15(2,3)12-6-4-11(5-7-12)14-8-13(9-18)16-10-17-14/h4-8,10,18H,9H2,1-3H3. The summed E-state index contributed by atoms with van der Waals surface area (Å²) < 4.78 is 0. The number of aromatic nitrogens is 2. The van der Waals surface area contributed by atoms with Crippen LogP contribution in [-0.2, 0) is 12.0 Å². The van der Waals surface area contributed by atoms with E-state index in [2.05, 4.69) is 55.0 Å². The first-order chi connectivity index (χ1) is 8.50. The topological polar surface area (TPSA) is 46.0 Å². The normalized spacial score (nSPS) is 11.6. The van der Waals surface area contributed by atoms with Crippen molar-refractivity contribution in [3.63, 3.8) is 0 Å². The molecule has 0 amide bonds. The molecular formula is C15H18N2O. The van der Waals surface area contributed by atoms with Crippen molar-refractivity contribution in [1.29, 1.82) is 0 Å². The van der Waals surface area contributed by atoms with E-state index >= 15 is 0 Å². The SMILES string of the molecule is CC(C)(C)c1ccc(-c2cc(CO)ncn2)cc1. The van der Waals surface area contributed by atoms with E-state index in [4.69, 9.17) is 5.11 Å². The second kappa shape index (κ2) is 4.86. The summed E-state index contributed by atoms with van der Waals surface area (Å²) >= 11 is 0. The maximum atomic E-state index is 9.07. The van der Waals surface area contributed by atoms with E-state index in [0.717, 1.165) is 11.3 Å². The number of hydrogen-bond acceptors (Lipinski definition) is 3. The molecule has 2 rings (SSSR count). The van der Waals surface area contributed by atoms with Gasteiger partial charge in [0.2, 0.25) is 0 Å². The van der Waals surface area contributed by atoms with Crippen LogP contribution in [0.5, 0.6) is 0 Å². The number of nitrogens with zero attached hydrogens (tertiary/aromatic N) is 2. The Bertz CT molecular complexity index is 527. The van der Waals surface area contributed by atoms with Crippen LogP contribution in [0.15, 0.2) is 36.7 Å². The van der Waals surface area contributed by atoms with E-state index in [9.17, 15) is 0 Å². The van der Waals surface area contributed by atoms with Crippen molar-refractivity contribution >= 4 is 0 Å². The molecule has 0 atom stereocenters. The summed E-state index contributed by atoms with van der Waals surface area (Å²) in [4.78, 5) is 8.21. The van der Waals surface area contributed by atoms with Crippen molar-refractivity contribution in [3.05, 3.63) is 47.9 Å². The van der Waals surface area contributed by atoms with Crippen LogP contribution in [0.3, 0.4) is 0 Å². The van der Waals surface area contributed by atoms with Crippen molar-refractivity contribution < 1.29 is 5.11 Å². The predicted molar refractivity (Wildman–Crippen MR) is 72.1 cm³/mol. The van der Waals surface area contributed by atoms with Gasteiger partial charge in [-0.05, 0) is 17.0 Å². The molecule has 0 bridgehead atoms. The average molecular weight is 242 g/mol. The Labute approximate surface area is 108 Å². The minimum absolute atomic E-state index is 0.0599. The molecule has 94 valence electrons. The highest BCUT2D eigenvalue weighted by Gasteiger charge is 2.13. The van der Waals surface area contributed by atoms with Crippen molar-refractivity contribution in [3.8, 4) is 11.3 Å². The molecule has 3 nitrogen and oxygen atoms in total. The Morgan fingerprint density at radius 1 is 1.06 bits per heavy atom. The zero-order valence-electron chi connectivity index (χ0n) is 11.0. The second-order valence-electron chi connectivity index (χ2n) is 5.38. The molecule has 1 heterocycles.